The minimum Gasteiger partial charge on any atom is -0.508 e. The van der Waals surface area contributed by atoms with Gasteiger partial charge in [0.1, 0.15) is 40.3 Å². The summed E-state index contributed by atoms with van der Waals surface area (Å²) in [5, 5.41) is 20.4. The van der Waals surface area contributed by atoms with Crippen LogP contribution in [0.5, 0.6) is 17.2 Å². The Morgan fingerprint density at radius 1 is 1.00 bits per heavy atom. The number of aromatic hydroxyl groups is 2. The second-order valence-corrected chi connectivity index (χ2v) is 9.23. The summed E-state index contributed by atoms with van der Waals surface area (Å²) < 4.78 is 11.5. The minimum absolute atomic E-state index is 0.0192. The molecule has 2 aromatic carbocycles. The number of hydrogen-bond acceptors (Lipinski definition) is 8. The lowest BCUT2D eigenvalue weighted by Gasteiger charge is -2.32. The minimum atomic E-state index is -0.461. The second kappa shape index (κ2) is 8.71. The largest absolute Gasteiger partial charge is 0.508 e. The van der Waals surface area contributed by atoms with Crippen molar-refractivity contribution >= 4 is 22.8 Å². The molecule has 0 saturated carbocycles. The highest BCUT2D eigenvalue weighted by atomic mass is 16.5. The van der Waals surface area contributed by atoms with Crippen LogP contribution in [0.4, 0.5) is 5.82 Å². The van der Waals surface area contributed by atoms with Crippen LogP contribution in [0.1, 0.15) is 42.7 Å². The zero-order valence-corrected chi connectivity index (χ0v) is 19.4. The molecule has 1 atom stereocenters. The summed E-state index contributed by atoms with van der Waals surface area (Å²) in [6, 6.07) is 11.3. The third-order valence-corrected chi connectivity index (χ3v) is 7.00. The fourth-order valence-corrected chi connectivity index (χ4v) is 5.29. The van der Waals surface area contributed by atoms with Crippen molar-refractivity contribution in [2.24, 2.45) is 0 Å². The maximum atomic E-state index is 13.5. The standard InChI is InChI=1S/C28H24N2O6/c31-17-8-6-16(7-9-17)20-15-35-27-24-19(13-23(33)36-22(24)14-21(32)25(27)26(20)34)18-5-4-10-29-28(18)30-11-2-1-3-12-30/h4-10,14-15,19,31-32H,1-3,11-13H2. The van der Waals surface area contributed by atoms with Gasteiger partial charge in [0, 0.05) is 42.4 Å². The number of fused-ring (bicyclic) bond motifs is 3. The van der Waals surface area contributed by atoms with Gasteiger partial charge in [-0.15, -0.1) is 0 Å². The molecule has 2 aliphatic heterocycles. The molecular weight excluding hydrogens is 460 g/mol. The number of rotatable bonds is 3. The normalized spacial score (nSPS) is 17.6. The molecule has 0 spiro atoms. The number of phenolic OH excluding ortho intramolecular Hbond substituents is 2. The van der Waals surface area contributed by atoms with Gasteiger partial charge < -0.3 is 24.3 Å². The lowest BCUT2D eigenvalue weighted by atomic mass is 9.84. The maximum absolute atomic E-state index is 13.5. The predicted octanol–water partition coefficient (Wildman–Crippen LogP) is 4.70. The van der Waals surface area contributed by atoms with E-state index in [4.69, 9.17) is 9.15 Å². The van der Waals surface area contributed by atoms with Crippen molar-refractivity contribution in [3.63, 3.8) is 0 Å². The summed E-state index contributed by atoms with van der Waals surface area (Å²) in [4.78, 5) is 33.1. The SMILES string of the molecule is O=C1CC(c2cccnc2N2CCCCC2)c2c(cc(O)c3c(=O)c(-c4ccc(O)cc4)coc23)O1. The van der Waals surface area contributed by atoms with Crippen LogP contribution < -0.4 is 15.1 Å². The average Bonchev–Trinajstić information content (AvgIpc) is 2.89. The highest BCUT2D eigenvalue weighted by molar-refractivity contribution is 5.94. The van der Waals surface area contributed by atoms with Crippen molar-refractivity contribution in [3.8, 4) is 28.4 Å². The van der Waals surface area contributed by atoms with E-state index in [0.29, 0.717) is 11.1 Å². The molecule has 2 N–H and O–H groups in total. The zero-order valence-electron chi connectivity index (χ0n) is 19.4. The Labute approximate surface area is 206 Å². The Hall–Kier alpha value is -4.33. The lowest BCUT2D eigenvalue weighted by molar-refractivity contribution is -0.135. The monoisotopic (exact) mass is 484 g/mol. The summed E-state index contributed by atoms with van der Waals surface area (Å²) in [5.41, 5.74) is 1.96. The van der Waals surface area contributed by atoms with E-state index in [2.05, 4.69) is 9.88 Å². The molecule has 0 bridgehead atoms. The van der Waals surface area contributed by atoms with E-state index in [1.807, 2.05) is 12.1 Å². The number of piperidine rings is 1. The van der Waals surface area contributed by atoms with E-state index in [1.165, 1.54) is 30.9 Å². The fraction of sp³-hybridized carbons (Fsp3) is 0.250. The van der Waals surface area contributed by atoms with E-state index in [0.717, 1.165) is 37.3 Å². The van der Waals surface area contributed by atoms with Gasteiger partial charge in [-0.05, 0) is 43.0 Å². The van der Waals surface area contributed by atoms with Crippen LogP contribution in [0, 0.1) is 0 Å². The van der Waals surface area contributed by atoms with Crippen molar-refractivity contribution in [2.45, 2.75) is 31.6 Å². The Bertz CT molecular complexity index is 1540. The topological polar surface area (TPSA) is 113 Å². The van der Waals surface area contributed by atoms with Gasteiger partial charge in [0.2, 0.25) is 5.43 Å². The Balaban J connectivity index is 1.56. The zero-order chi connectivity index (χ0) is 24.8. The van der Waals surface area contributed by atoms with Crippen LogP contribution in [-0.2, 0) is 4.79 Å². The maximum Gasteiger partial charge on any atom is 0.312 e. The Kier molecular flexibility index (Phi) is 5.36. The Morgan fingerprint density at radius 2 is 1.78 bits per heavy atom. The van der Waals surface area contributed by atoms with E-state index in [9.17, 15) is 19.8 Å². The van der Waals surface area contributed by atoms with Gasteiger partial charge in [-0.3, -0.25) is 9.59 Å². The molecule has 1 saturated heterocycles. The molecule has 8 heteroatoms. The summed E-state index contributed by atoms with van der Waals surface area (Å²) >= 11 is 0. The predicted molar refractivity (Wildman–Crippen MR) is 134 cm³/mol. The van der Waals surface area contributed by atoms with Crippen molar-refractivity contribution in [1.82, 2.24) is 4.98 Å². The quantitative estimate of drug-likeness (QED) is 0.318. The molecule has 182 valence electrons. The van der Waals surface area contributed by atoms with Gasteiger partial charge in [0.25, 0.3) is 0 Å². The van der Waals surface area contributed by atoms with Crippen LogP contribution in [-0.4, -0.2) is 34.3 Å². The van der Waals surface area contributed by atoms with Crippen molar-refractivity contribution < 1.29 is 24.2 Å². The molecule has 6 rings (SSSR count). The fourth-order valence-electron chi connectivity index (χ4n) is 5.29. The van der Waals surface area contributed by atoms with Crippen LogP contribution in [0.15, 0.2) is 64.1 Å². The third kappa shape index (κ3) is 3.66. The summed E-state index contributed by atoms with van der Waals surface area (Å²) in [6.07, 6.45) is 6.47. The van der Waals surface area contributed by atoms with Gasteiger partial charge in [-0.25, -0.2) is 4.98 Å². The number of carbonyl (C=O) groups is 1. The molecule has 0 radical (unpaired) electrons. The molecule has 1 fully saturated rings. The highest BCUT2D eigenvalue weighted by Crippen LogP contribution is 2.47. The molecule has 0 amide bonds. The first kappa shape index (κ1) is 22.2. The van der Waals surface area contributed by atoms with Gasteiger partial charge in [-0.2, -0.15) is 0 Å². The van der Waals surface area contributed by atoms with E-state index in [-0.39, 0.29) is 40.2 Å². The van der Waals surface area contributed by atoms with Gasteiger partial charge in [0.05, 0.1) is 12.0 Å². The Morgan fingerprint density at radius 3 is 2.56 bits per heavy atom. The highest BCUT2D eigenvalue weighted by Gasteiger charge is 2.36. The molecule has 8 nitrogen and oxygen atoms in total. The number of pyridine rings is 1. The molecule has 0 aliphatic carbocycles. The molecule has 2 aliphatic rings. The van der Waals surface area contributed by atoms with E-state index >= 15 is 0 Å². The van der Waals surface area contributed by atoms with E-state index < -0.39 is 17.3 Å². The van der Waals surface area contributed by atoms with Gasteiger partial charge >= 0.3 is 5.97 Å². The first-order chi connectivity index (χ1) is 17.5. The van der Waals surface area contributed by atoms with Crippen molar-refractivity contribution in [1.29, 1.82) is 0 Å². The molecule has 4 heterocycles. The van der Waals surface area contributed by atoms with Crippen LogP contribution >= 0.6 is 0 Å². The number of benzene rings is 2. The third-order valence-electron chi connectivity index (χ3n) is 7.00. The van der Waals surface area contributed by atoms with Crippen molar-refractivity contribution in [3.05, 3.63) is 76.3 Å². The smallest absolute Gasteiger partial charge is 0.312 e. The van der Waals surface area contributed by atoms with Crippen LogP contribution in [0.2, 0.25) is 0 Å². The second-order valence-electron chi connectivity index (χ2n) is 9.23. The van der Waals surface area contributed by atoms with E-state index in [1.54, 1.807) is 18.3 Å². The summed E-state index contributed by atoms with van der Waals surface area (Å²) in [5.74, 6) is -0.150. The molecular formula is C28H24N2O6. The van der Waals surface area contributed by atoms with Gasteiger partial charge in [-0.1, -0.05) is 18.2 Å². The number of nitrogens with zero attached hydrogens (tertiary/aromatic N) is 2. The summed E-state index contributed by atoms with van der Waals surface area (Å²) in [6.45, 7) is 1.77. The number of carbonyl (C=O) groups excluding carboxylic acids is 1. The van der Waals surface area contributed by atoms with Gasteiger partial charge in [0.15, 0.2) is 0 Å². The lowest BCUT2D eigenvalue weighted by Crippen LogP contribution is -2.32. The first-order valence-electron chi connectivity index (χ1n) is 12.0. The van der Waals surface area contributed by atoms with Crippen LogP contribution in [0.3, 0.4) is 0 Å². The number of anilines is 1. The van der Waals surface area contributed by atoms with Crippen LogP contribution in [0.25, 0.3) is 22.1 Å². The summed E-state index contributed by atoms with van der Waals surface area (Å²) in [7, 11) is 0. The number of aromatic nitrogens is 1. The van der Waals surface area contributed by atoms with Crippen molar-refractivity contribution in [2.75, 3.05) is 18.0 Å². The molecule has 36 heavy (non-hydrogen) atoms. The molecule has 2 aromatic heterocycles. The number of esters is 1. The molecule has 4 aromatic rings. The first-order valence-corrected chi connectivity index (χ1v) is 12.0. The number of ether oxygens (including phenoxy) is 1. The molecule has 1 unspecified atom stereocenters. The average molecular weight is 485 g/mol. The number of hydrogen-bond donors (Lipinski definition) is 2. The number of phenols is 2.